The second-order valence-corrected chi connectivity index (χ2v) is 32.9. The number of hydrogen-bond donors (Lipinski definition) is 0. The Balaban J connectivity index is 0.000000209. The van der Waals surface area contributed by atoms with E-state index in [1.165, 1.54) is 200 Å². The molecule has 8 aromatic rings. The van der Waals surface area contributed by atoms with E-state index in [1.807, 2.05) is 0 Å². The molecule has 8 aromatic carbocycles. The van der Waals surface area contributed by atoms with Gasteiger partial charge < -0.3 is 24.8 Å². The van der Waals surface area contributed by atoms with Gasteiger partial charge in [0.25, 0.3) is 0 Å². The van der Waals surface area contributed by atoms with Crippen LogP contribution in [-0.2, 0) is 83.0 Å². The van der Waals surface area contributed by atoms with Gasteiger partial charge in [-0.25, -0.2) is 11.1 Å². The molecule has 0 fully saturated rings. The molecule has 0 heterocycles. The molecule has 0 saturated carbocycles. The van der Waals surface area contributed by atoms with E-state index < -0.39 is 0 Å². The third kappa shape index (κ3) is 20.9. The number of halogens is 2. The van der Waals surface area contributed by atoms with Gasteiger partial charge in [0.1, 0.15) is 0 Å². The molecule has 2 unspecified atom stereocenters. The van der Waals surface area contributed by atoms with Gasteiger partial charge in [0.15, 0.2) is 0 Å². The molecule has 4 heteroatoms. The first-order chi connectivity index (χ1) is 42.9. The molecule has 4 aliphatic rings. The van der Waals surface area contributed by atoms with Gasteiger partial charge in [0.05, 0.1) is 0 Å². The molecule has 488 valence electrons. The van der Waals surface area contributed by atoms with Crippen LogP contribution in [0.1, 0.15) is 227 Å². The number of hydrogen-bond acceptors (Lipinski definition) is 0. The van der Waals surface area contributed by atoms with Crippen LogP contribution in [-0.4, -0.2) is 6.41 Å². The van der Waals surface area contributed by atoms with Gasteiger partial charge in [-0.15, -0.1) is 36.1 Å². The van der Waals surface area contributed by atoms with Crippen molar-refractivity contribution in [2.45, 2.75) is 201 Å². The summed E-state index contributed by atoms with van der Waals surface area (Å²) in [4.78, 5) is 0. The molecule has 0 spiro atoms. The Hall–Kier alpha value is -5.19. The number of fused-ring (bicyclic) bond motifs is 6. The molecule has 2 atom stereocenters. The maximum atomic E-state index is 3.67. The van der Waals surface area contributed by atoms with Crippen LogP contribution < -0.4 is 24.8 Å². The van der Waals surface area contributed by atoms with Gasteiger partial charge in [-0.1, -0.05) is 184 Å². The monoisotopic (exact) mass is 1430 g/mol. The van der Waals surface area contributed by atoms with Crippen molar-refractivity contribution in [2.75, 3.05) is 0 Å². The van der Waals surface area contributed by atoms with Gasteiger partial charge in [-0.2, -0.15) is 69.8 Å². The van der Waals surface area contributed by atoms with Crippen molar-refractivity contribution in [1.29, 1.82) is 0 Å². The van der Waals surface area contributed by atoms with Crippen molar-refractivity contribution in [3.63, 3.8) is 0 Å². The van der Waals surface area contributed by atoms with Gasteiger partial charge in [-0.3, -0.25) is 12.2 Å². The molecule has 0 aliphatic heterocycles. The van der Waals surface area contributed by atoms with Crippen molar-refractivity contribution in [3.05, 3.63) is 304 Å². The predicted octanol–water partition coefficient (Wildman–Crippen LogP) is 17.6. The molecule has 12 rings (SSSR count). The average Bonchev–Trinajstić information content (AvgIpc) is 1.62. The van der Waals surface area contributed by atoms with Crippen LogP contribution in [0.4, 0.5) is 0 Å². The number of benzene rings is 8. The molecular formula is C90H104Cl2Zr2-2. The Morgan fingerprint density at radius 1 is 0.340 bits per heavy atom. The number of allylic oxidation sites excluding steroid dienone is 8. The van der Waals surface area contributed by atoms with E-state index in [-0.39, 0.29) is 46.5 Å². The van der Waals surface area contributed by atoms with Gasteiger partial charge in [0.2, 0.25) is 0 Å². The average molecular weight is 1440 g/mol. The standard InChI is InChI=1S/2C21H25.2C15H14.2C9H13.2ClH.2Zr/c2*1-20(2,3)16-7-9-18-14(12-16)11-15-13-17(21(4,5)6)8-10-19(15)18;2*1-12-3-7-14(8-4-12)11-15-9-5-13(2)6-10-15;2*1-6-5-7(2)9(4)8(6)3;;;;/h2*7-10,12H,11H2,1-6H3;2*3-10H,1-2H3;2*6H,1-4H3;2*1H;;/q2*-1;;;2*-1;;;2*+2/p-2. The molecule has 0 bridgehead atoms. The van der Waals surface area contributed by atoms with E-state index in [2.05, 4.69) is 348 Å². The normalized spacial score (nSPS) is 14.9. The Morgan fingerprint density at radius 3 is 0.798 bits per heavy atom. The predicted molar refractivity (Wildman–Crippen MR) is 393 cm³/mol. The Bertz CT molecular complexity index is 3590. The first kappa shape index (κ1) is 79.5. The van der Waals surface area contributed by atoms with Crippen LogP contribution in [0, 0.1) is 63.8 Å². The van der Waals surface area contributed by atoms with Gasteiger partial charge >= 0.3 is 224 Å². The summed E-state index contributed by atoms with van der Waals surface area (Å²) >= 11 is 2.93. The Morgan fingerprint density at radius 2 is 0.596 bits per heavy atom. The zero-order valence-electron chi connectivity index (χ0n) is 61.3. The van der Waals surface area contributed by atoms with Crippen molar-refractivity contribution < 1.29 is 73.3 Å². The van der Waals surface area contributed by atoms with Crippen molar-refractivity contribution >= 4 is 6.41 Å². The Kier molecular flexibility index (Phi) is 28.2. The molecule has 0 N–H and O–H groups in total. The van der Waals surface area contributed by atoms with Crippen LogP contribution in [0.15, 0.2) is 191 Å². The summed E-state index contributed by atoms with van der Waals surface area (Å²) < 4.78 is 2.85. The molecule has 0 radical (unpaired) electrons. The molecule has 94 heavy (non-hydrogen) atoms. The second kappa shape index (κ2) is 33.4. The first-order valence-corrected chi connectivity index (χ1v) is 35.8. The van der Waals surface area contributed by atoms with Crippen LogP contribution in [0.2, 0.25) is 0 Å². The smallest absolute Gasteiger partial charge is 1.00 e. The van der Waals surface area contributed by atoms with E-state index in [4.69, 9.17) is 0 Å². The fourth-order valence-corrected chi connectivity index (χ4v) is 13.2. The van der Waals surface area contributed by atoms with E-state index in [9.17, 15) is 0 Å². The summed E-state index contributed by atoms with van der Waals surface area (Å²) in [6, 6.07) is 65.4. The van der Waals surface area contributed by atoms with E-state index in [1.54, 1.807) is 0 Å². The third-order valence-corrected chi connectivity index (χ3v) is 21.6. The maximum absolute atomic E-state index is 3.67. The topological polar surface area (TPSA) is 0 Å². The molecule has 0 saturated heterocycles. The molecular weight excluding hydrogens is 1330 g/mol. The van der Waals surface area contributed by atoms with Crippen LogP contribution in [0.3, 0.4) is 0 Å². The van der Waals surface area contributed by atoms with Crippen molar-refractivity contribution in [3.8, 4) is 22.3 Å². The maximum Gasteiger partial charge on any atom is -1.00 e. The van der Waals surface area contributed by atoms with E-state index >= 15 is 0 Å². The van der Waals surface area contributed by atoms with E-state index in [0.717, 1.165) is 12.8 Å². The summed E-state index contributed by atoms with van der Waals surface area (Å²) in [7, 11) is 0. The molecule has 0 aromatic heterocycles. The van der Waals surface area contributed by atoms with Gasteiger partial charge in [-0.05, 0) is 56.8 Å². The SMILES string of the molecule is CC(C)(C)c1[c-]c2c(cc1)-c1ccc(C(C)(C)C)cc1C2.CC(C)(C)c1[c-]c2c(cc1)-c1ccc(C(C)(C)C)cc1C2.CC1=[C-]C(C)C(C)=C1C.CC1=[C-]C(C)C(C)=C1C.Cc1ccc([C](=[Zr+2])c2ccc(C)cc2)cc1.Cc1ccc([C](=[Zr+2])c2ccc(C)cc2)cc1.[Cl-].[Cl-]. The first-order valence-electron chi connectivity index (χ1n) is 33.3. The van der Waals surface area contributed by atoms with Crippen LogP contribution in [0.25, 0.3) is 22.3 Å². The number of aryl methyl sites for hydroxylation is 4. The third-order valence-electron chi connectivity index (χ3n) is 18.8. The minimum Gasteiger partial charge on any atom is -1.00 e. The van der Waals surface area contributed by atoms with Crippen LogP contribution in [0.5, 0.6) is 0 Å². The molecule has 4 aliphatic carbocycles. The largest absolute Gasteiger partial charge is 1.00 e. The minimum atomic E-state index is 0. The summed E-state index contributed by atoms with van der Waals surface area (Å²) in [5, 5.41) is 0. The Labute approximate surface area is 613 Å². The second-order valence-electron chi connectivity index (χ2n) is 30.4. The summed E-state index contributed by atoms with van der Waals surface area (Å²) in [6.45, 7) is 53.0. The zero-order chi connectivity index (χ0) is 67.9. The molecule has 0 nitrogen and oxygen atoms in total. The van der Waals surface area contributed by atoms with E-state index in [0.29, 0.717) is 11.8 Å². The number of rotatable bonds is 4. The zero-order valence-corrected chi connectivity index (χ0v) is 67.8. The van der Waals surface area contributed by atoms with Crippen LogP contribution >= 0.6 is 0 Å². The summed E-state index contributed by atoms with van der Waals surface area (Å²) in [6.07, 6.45) is 8.77. The summed E-state index contributed by atoms with van der Waals surface area (Å²) in [5.74, 6) is 1.12. The van der Waals surface area contributed by atoms with Crippen molar-refractivity contribution in [2.24, 2.45) is 11.8 Å². The van der Waals surface area contributed by atoms with Gasteiger partial charge in [0, 0.05) is 0 Å². The fourth-order valence-electron chi connectivity index (χ4n) is 11.6. The summed E-state index contributed by atoms with van der Waals surface area (Å²) in [5.41, 5.74) is 36.5. The molecule has 0 amide bonds. The van der Waals surface area contributed by atoms with Crippen molar-refractivity contribution in [1.82, 2.24) is 0 Å². The minimum absolute atomic E-state index is 0. The quantitative estimate of drug-likeness (QED) is 0.154. The fraction of sp³-hybridized carbons (Fsp3) is 0.356.